The van der Waals surface area contributed by atoms with E-state index in [1.807, 2.05) is 13.0 Å². The van der Waals surface area contributed by atoms with Crippen LogP contribution in [0.15, 0.2) is 53.4 Å². The molecule has 0 radical (unpaired) electrons. The second-order valence-electron chi connectivity index (χ2n) is 5.72. The molecule has 0 unspecified atom stereocenters. The Morgan fingerprint density at radius 3 is 2.58 bits per heavy atom. The lowest BCUT2D eigenvalue weighted by atomic mass is 10.2. The maximum absolute atomic E-state index is 13.0. The number of sulfonamides is 1. The third kappa shape index (κ3) is 4.14. The number of aryl methyl sites for hydroxylation is 1. The molecule has 0 aliphatic heterocycles. The van der Waals surface area contributed by atoms with Crippen molar-refractivity contribution < 1.29 is 12.8 Å². The standard InChI is InChI=1S/C18H19FN4O2S/c1-2-13-5-3-4-6-16(13)26(24,25)20-12-11-17-21-18(23-22-17)14-7-9-15(19)10-8-14/h3-10,20H,2,11-12H2,1H3,(H,21,22,23). The topological polar surface area (TPSA) is 87.7 Å². The first-order valence-corrected chi connectivity index (χ1v) is 9.72. The van der Waals surface area contributed by atoms with Crippen molar-refractivity contribution in [3.63, 3.8) is 0 Å². The summed E-state index contributed by atoms with van der Waals surface area (Å²) in [7, 11) is -3.58. The fourth-order valence-electron chi connectivity index (χ4n) is 2.57. The van der Waals surface area contributed by atoms with Gasteiger partial charge in [0.2, 0.25) is 10.0 Å². The minimum absolute atomic E-state index is 0.193. The van der Waals surface area contributed by atoms with Crippen LogP contribution in [0.1, 0.15) is 18.3 Å². The largest absolute Gasteiger partial charge is 0.263 e. The minimum atomic E-state index is -3.58. The molecular formula is C18H19FN4O2S. The van der Waals surface area contributed by atoms with Gasteiger partial charge in [0, 0.05) is 18.5 Å². The predicted octanol–water partition coefficient (Wildman–Crippen LogP) is 2.69. The zero-order valence-electron chi connectivity index (χ0n) is 14.2. The van der Waals surface area contributed by atoms with Gasteiger partial charge < -0.3 is 0 Å². The number of nitrogens with one attached hydrogen (secondary N) is 2. The number of nitrogens with zero attached hydrogens (tertiary/aromatic N) is 2. The molecule has 0 spiro atoms. The molecule has 2 aromatic carbocycles. The number of hydrogen-bond donors (Lipinski definition) is 2. The summed E-state index contributed by atoms with van der Waals surface area (Å²) >= 11 is 0. The van der Waals surface area contributed by atoms with Crippen LogP contribution in [0.25, 0.3) is 11.4 Å². The van der Waals surface area contributed by atoms with E-state index < -0.39 is 10.0 Å². The summed E-state index contributed by atoms with van der Waals surface area (Å²) in [6.45, 7) is 2.11. The maximum atomic E-state index is 13.0. The number of H-pyrrole nitrogens is 1. The summed E-state index contributed by atoms with van der Waals surface area (Å²) < 4.78 is 40.5. The van der Waals surface area contributed by atoms with Crippen LogP contribution in [0.4, 0.5) is 4.39 Å². The Hall–Kier alpha value is -2.58. The van der Waals surface area contributed by atoms with E-state index in [-0.39, 0.29) is 12.4 Å². The van der Waals surface area contributed by atoms with E-state index >= 15 is 0 Å². The summed E-state index contributed by atoms with van der Waals surface area (Å²) in [5.74, 6) is 0.668. The van der Waals surface area contributed by atoms with Crippen molar-refractivity contribution in [2.45, 2.75) is 24.7 Å². The molecule has 0 aliphatic carbocycles. The van der Waals surface area contributed by atoms with E-state index in [1.54, 1.807) is 30.3 Å². The average Bonchev–Trinajstić information content (AvgIpc) is 3.11. The number of benzene rings is 2. The highest BCUT2D eigenvalue weighted by atomic mass is 32.2. The fourth-order valence-corrected chi connectivity index (χ4v) is 3.92. The van der Waals surface area contributed by atoms with Gasteiger partial charge in [-0.15, -0.1) is 0 Å². The highest BCUT2D eigenvalue weighted by molar-refractivity contribution is 7.89. The Balaban J connectivity index is 1.64. The summed E-state index contributed by atoms with van der Waals surface area (Å²) in [5.41, 5.74) is 1.46. The van der Waals surface area contributed by atoms with Crippen LogP contribution < -0.4 is 4.72 Å². The summed E-state index contributed by atoms with van der Waals surface area (Å²) in [6, 6.07) is 12.8. The summed E-state index contributed by atoms with van der Waals surface area (Å²) in [5, 5.41) is 6.86. The Labute approximate surface area is 151 Å². The van der Waals surface area contributed by atoms with Gasteiger partial charge in [0.25, 0.3) is 0 Å². The van der Waals surface area contributed by atoms with Gasteiger partial charge in [0.05, 0.1) is 4.90 Å². The molecule has 2 N–H and O–H groups in total. The van der Waals surface area contributed by atoms with Crippen LogP contribution >= 0.6 is 0 Å². The molecule has 1 heterocycles. The van der Waals surface area contributed by atoms with Gasteiger partial charge in [-0.3, -0.25) is 5.10 Å². The monoisotopic (exact) mass is 374 g/mol. The lowest BCUT2D eigenvalue weighted by Gasteiger charge is -2.09. The first kappa shape index (κ1) is 18.2. The molecular weight excluding hydrogens is 355 g/mol. The Bertz CT molecular complexity index is 984. The van der Waals surface area contributed by atoms with Crippen LogP contribution in [-0.2, 0) is 22.9 Å². The number of hydrogen-bond acceptors (Lipinski definition) is 4. The Kier molecular flexibility index (Phi) is 5.43. The van der Waals surface area contributed by atoms with E-state index in [9.17, 15) is 12.8 Å². The highest BCUT2D eigenvalue weighted by Gasteiger charge is 2.17. The van der Waals surface area contributed by atoms with Crippen LogP contribution in [-0.4, -0.2) is 30.1 Å². The molecule has 0 saturated carbocycles. The van der Waals surface area contributed by atoms with Gasteiger partial charge in [-0.25, -0.2) is 22.5 Å². The average molecular weight is 374 g/mol. The zero-order chi connectivity index (χ0) is 18.6. The molecule has 8 heteroatoms. The normalized spacial score (nSPS) is 11.6. The molecule has 0 fully saturated rings. The molecule has 3 aromatic rings. The lowest BCUT2D eigenvalue weighted by molar-refractivity contribution is 0.579. The third-order valence-electron chi connectivity index (χ3n) is 3.93. The van der Waals surface area contributed by atoms with Crippen LogP contribution in [0.3, 0.4) is 0 Å². The summed E-state index contributed by atoms with van der Waals surface area (Å²) in [4.78, 5) is 4.61. The quantitative estimate of drug-likeness (QED) is 0.666. The van der Waals surface area contributed by atoms with Gasteiger partial charge in [0.15, 0.2) is 5.82 Å². The molecule has 6 nitrogen and oxygen atoms in total. The third-order valence-corrected chi connectivity index (χ3v) is 5.49. The molecule has 0 amide bonds. The second kappa shape index (κ2) is 7.76. The number of halogens is 1. The smallest absolute Gasteiger partial charge is 0.240 e. The number of aromatic nitrogens is 3. The maximum Gasteiger partial charge on any atom is 0.240 e. The molecule has 0 bridgehead atoms. The SMILES string of the molecule is CCc1ccccc1S(=O)(=O)NCCc1nc(-c2ccc(F)cc2)n[nH]1. The van der Waals surface area contributed by atoms with E-state index in [4.69, 9.17) is 0 Å². The van der Waals surface area contributed by atoms with Gasteiger partial charge >= 0.3 is 0 Å². The van der Waals surface area contributed by atoms with E-state index in [0.29, 0.717) is 34.9 Å². The van der Waals surface area contributed by atoms with E-state index in [0.717, 1.165) is 5.56 Å². The van der Waals surface area contributed by atoms with Gasteiger partial charge in [-0.05, 0) is 42.3 Å². The Morgan fingerprint density at radius 1 is 1.12 bits per heavy atom. The molecule has 0 aliphatic rings. The Morgan fingerprint density at radius 2 is 1.85 bits per heavy atom. The molecule has 0 atom stereocenters. The second-order valence-corrected chi connectivity index (χ2v) is 7.46. The molecule has 3 rings (SSSR count). The van der Waals surface area contributed by atoms with Crippen LogP contribution in [0.5, 0.6) is 0 Å². The number of aromatic amines is 1. The first-order chi connectivity index (χ1) is 12.5. The fraction of sp³-hybridized carbons (Fsp3) is 0.222. The number of rotatable bonds is 7. The van der Waals surface area contributed by atoms with E-state index in [1.165, 1.54) is 12.1 Å². The lowest BCUT2D eigenvalue weighted by Crippen LogP contribution is -2.27. The van der Waals surface area contributed by atoms with Gasteiger partial charge in [-0.1, -0.05) is 25.1 Å². The van der Waals surface area contributed by atoms with Crippen molar-refractivity contribution in [1.82, 2.24) is 19.9 Å². The van der Waals surface area contributed by atoms with Crippen molar-refractivity contribution in [2.24, 2.45) is 0 Å². The summed E-state index contributed by atoms with van der Waals surface area (Å²) in [6.07, 6.45) is 1.00. The van der Waals surface area contributed by atoms with E-state index in [2.05, 4.69) is 19.9 Å². The van der Waals surface area contributed by atoms with Gasteiger partial charge in [0.1, 0.15) is 11.6 Å². The zero-order valence-corrected chi connectivity index (χ0v) is 15.1. The highest BCUT2D eigenvalue weighted by Crippen LogP contribution is 2.16. The van der Waals surface area contributed by atoms with Crippen molar-refractivity contribution in [3.8, 4) is 11.4 Å². The predicted molar refractivity (Wildman–Crippen MR) is 96.5 cm³/mol. The van der Waals surface area contributed by atoms with Crippen LogP contribution in [0.2, 0.25) is 0 Å². The molecule has 1 aromatic heterocycles. The molecule has 26 heavy (non-hydrogen) atoms. The van der Waals surface area contributed by atoms with Crippen molar-refractivity contribution in [2.75, 3.05) is 6.54 Å². The van der Waals surface area contributed by atoms with Crippen molar-refractivity contribution in [3.05, 3.63) is 65.7 Å². The van der Waals surface area contributed by atoms with Crippen molar-refractivity contribution >= 4 is 10.0 Å². The van der Waals surface area contributed by atoms with Gasteiger partial charge in [-0.2, -0.15) is 5.10 Å². The van der Waals surface area contributed by atoms with Crippen molar-refractivity contribution in [1.29, 1.82) is 0 Å². The molecule has 136 valence electrons. The van der Waals surface area contributed by atoms with Crippen LogP contribution in [0, 0.1) is 5.82 Å². The minimum Gasteiger partial charge on any atom is -0.263 e. The first-order valence-electron chi connectivity index (χ1n) is 8.24. The molecule has 0 saturated heterocycles.